The van der Waals surface area contributed by atoms with Gasteiger partial charge in [0.1, 0.15) is 6.10 Å². The minimum atomic E-state index is 0.144. The maximum atomic E-state index is 5.45. The summed E-state index contributed by atoms with van der Waals surface area (Å²) in [5, 5.41) is 0. The molecule has 12 heavy (non-hydrogen) atoms. The van der Waals surface area contributed by atoms with E-state index in [0.29, 0.717) is 0 Å². The number of nitrogens with zero attached hydrogens (tertiary/aromatic N) is 2. The molecule has 2 rings (SSSR count). The molecule has 0 spiro atoms. The third-order valence-corrected chi connectivity index (χ3v) is 2.02. The topological polar surface area (TPSA) is 35.0 Å². The van der Waals surface area contributed by atoms with E-state index in [9.17, 15) is 0 Å². The summed E-state index contributed by atoms with van der Waals surface area (Å²) >= 11 is 0. The fraction of sp³-hybridized carbons (Fsp3) is 0.556. The zero-order valence-corrected chi connectivity index (χ0v) is 7.16. The summed E-state index contributed by atoms with van der Waals surface area (Å²) in [7, 11) is 0. The smallest absolute Gasteiger partial charge is 0.157 e. The summed E-state index contributed by atoms with van der Waals surface area (Å²) in [6.45, 7) is 2.83. The Morgan fingerprint density at radius 3 is 2.75 bits per heavy atom. The highest BCUT2D eigenvalue weighted by molar-refractivity contribution is 5.03. The van der Waals surface area contributed by atoms with Gasteiger partial charge in [0.25, 0.3) is 0 Å². The molecular formula is C9H12N2O. The van der Waals surface area contributed by atoms with Gasteiger partial charge < -0.3 is 4.74 Å². The maximum absolute atomic E-state index is 5.45. The second kappa shape index (κ2) is 3.19. The molecule has 2 heterocycles. The maximum Gasteiger partial charge on any atom is 0.157 e. The predicted molar refractivity (Wildman–Crippen MR) is 44.7 cm³/mol. The van der Waals surface area contributed by atoms with Crippen molar-refractivity contribution in [3.05, 3.63) is 23.8 Å². The van der Waals surface area contributed by atoms with E-state index in [2.05, 4.69) is 9.97 Å². The normalized spacial score (nSPS) is 22.9. The second-order valence-electron chi connectivity index (χ2n) is 3.12. The van der Waals surface area contributed by atoms with Crippen LogP contribution in [0, 0.1) is 6.92 Å². The Balaban J connectivity index is 2.17. The van der Waals surface area contributed by atoms with Crippen molar-refractivity contribution < 1.29 is 4.74 Å². The molecule has 1 fully saturated rings. The lowest BCUT2D eigenvalue weighted by Crippen LogP contribution is -2.02. The SMILES string of the molecule is Cc1cnc(C2CCCO2)nc1. The van der Waals surface area contributed by atoms with Crippen LogP contribution in [0.1, 0.15) is 30.3 Å². The van der Waals surface area contributed by atoms with Gasteiger partial charge in [0.2, 0.25) is 0 Å². The molecule has 0 aliphatic carbocycles. The van der Waals surface area contributed by atoms with E-state index < -0.39 is 0 Å². The summed E-state index contributed by atoms with van der Waals surface area (Å²) in [5.41, 5.74) is 1.09. The molecule has 0 aromatic carbocycles. The van der Waals surface area contributed by atoms with Crippen molar-refractivity contribution in [3.8, 4) is 0 Å². The Bertz CT molecular complexity index is 252. The van der Waals surface area contributed by atoms with E-state index in [-0.39, 0.29) is 6.10 Å². The number of hydrogen-bond donors (Lipinski definition) is 0. The molecule has 0 bridgehead atoms. The average Bonchev–Trinajstić information content (AvgIpc) is 2.58. The third-order valence-electron chi connectivity index (χ3n) is 2.02. The molecule has 0 N–H and O–H groups in total. The first-order valence-corrected chi connectivity index (χ1v) is 4.26. The predicted octanol–water partition coefficient (Wildman–Crippen LogP) is 1.64. The van der Waals surface area contributed by atoms with Crippen LogP contribution >= 0.6 is 0 Å². The average molecular weight is 164 g/mol. The van der Waals surface area contributed by atoms with E-state index in [4.69, 9.17) is 4.74 Å². The van der Waals surface area contributed by atoms with Crippen LogP contribution in [0.15, 0.2) is 12.4 Å². The quantitative estimate of drug-likeness (QED) is 0.632. The zero-order valence-electron chi connectivity index (χ0n) is 7.16. The molecular weight excluding hydrogens is 152 g/mol. The fourth-order valence-corrected chi connectivity index (χ4v) is 1.35. The second-order valence-corrected chi connectivity index (χ2v) is 3.12. The summed E-state index contributed by atoms with van der Waals surface area (Å²) < 4.78 is 5.45. The minimum absolute atomic E-state index is 0.144. The van der Waals surface area contributed by atoms with Gasteiger partial charge in [0.15, 0.2) is 5.82 Å². The van der Waals surface area contributed by atoms with Crippen molar-refractivity contribution in [2.45, 2.75) is 25.9 Å². The van der Waals surface area contributed by atoms with Crippen LogP contribution in [0.25, 0.3) is 0 Å². The molecule has 1 unspecified atom stereocenters. The largest absolute Gasteiger partial charge is 0.370 e. The van der Waals surface area contributed by atoms with Gasteiger partial charge in [-0.05, 0) is 25.3 Å². The zero-order chi connectivity index (χ0) is 8.39. The summed E-state index contributed by atoms with van der Waals surface area (Å²) in [4.78, 5) is 8.45. The molecule has 1 aromatic rings. The molecule has 0 amide bonds. The van der Waals surface area contributed by atoms with Crippen LogP contribution in [0.2, 0.25) is 0 Å². The highest BCUT2D eigenvalue weighted by atomic mass is 16.5. The van der Waals surface area contributed by atoms with Crippen molar-refractivity contribution in [3.63, 3.8) is 0 Å². The Morgan fingerprint density at radius 2 is 2.17 bits per heavy atom. The lowest BCUT2D eigenvalue weighted by molar-refractivity contribution is 0.105. The Morgan fingerprint density at radius 1 is 1.42 bits per heavy atom. The molecule has 0 saturated carbocycles. The Hall–Kier alpha value is -0.960. The summed E-state index contributed by atoms with van der Waals surface area (Å²) in [6.07, 6.45) is 6.00. The lowest BCUT2D eigenvalue weighted by atomic mass is 10.2. The number of ether oxygens (including phenoxy) is 1. The molecule has 1 atom stereocenters. The van der Waals surface area contributed by atoms with Crippen LogP contribution in [0.4, 0.5) is 0 Å². The first kappa shape index (κ1) is 7.68. The van der Waals surface area contributed by atoms with Crippen LogP contribution in [0.3, 0.4) is 0 Å². The standard InChI is InChI=1S/C9H12N2O/c1-7-5-10-9(11-6-7)8-3-2-4-12-8/h5-6,8H,2-4H2,1H3. The van der Waals surface area contributed by atoms with E-state index >= 15 is 0 Å². The van der Waals surface area contributed by atoms with E-state index in [0.717, 1.165) is 30.8 Å². The van der Waals surface area contributed by atoms with Crippen LogP contribution in [-0.2, 0) is 4.74 Å². The van der Waals surface area contributed by atoms with Crippen LogP contribution in [0.5, 0.6) is 0 Å². The van der Waals surface area contributed by atoms with Gasteiger partial charge in [-0.15, -0.1) is 0 Å². The molecule has 1 saturated heterocycles. The molecule has 1 aliphatic rings. The highest BCUT2D eigenvalue weighted by Crippen LogP contribution is 2.25. The first-order chi connectivity index (χ1) is 5.86. The van der Waals surface area contributed by atoms with Crippen LogP contribution in [-0.4, -0.2) is 16.6 Å². The van der Waals surface area contributed by atoms with Gasteiger partial charge in [-0.25, -0.2) is 9.97 Å². The number of aromatic nitrogens is 2. The molecule has 64 valence electrons. The Labute approximate surface area is 71.8 Å². The molecule has 3 nitrogen and oxygen atoms in total. The van der Waals surface area contributed by atoms with E-state index in [1.165, 1.54) is 0 Å². The van der Waals surface area contributed by atoms with Gasteiger partial charge in [-0.1, -0.05) is 0 Å². The monoisotopic (exact) mass is 164 g/mol. The fourth-order valence-electron chi connectivity index (χ4n) is 1.35. The van der Waals surface area contributed by atoms with Gasteiger partial charge in [0.05, 0.1) is 0 Å². The Kier molecular flexibility index (Phi) is 2.04. The van der Waals surface area contributed by atoms with Gasteiger partial charge >= 0.3 is 0 Å². The highest BCUT2D eigenvalue weighted by Gasteiger charge is 2.19. The molecule has 0 radical (unpaired) electrons. The van der Waals surface area contributed by atoms with Crippen LogP contribution < -0.4 is 0 Å². The molecule has 1 aliphatic heterocycles. The van der Waals surface area contributed by atoms with E-state index in [1.807, 2.05) is 19.3 Å². The number of aryl methyl sites for hydroxylation is 1. The minimum Gasteiger partial charge on any atom is -0.370 e. The van der Waals surface area contributed by atoms with Gasteiger partial charge in [-0.3, -0.25) is 0 Å². The summed E-state index contributed by atoms with van der Waals surface area (Å²) in [5.74, 6) is 0.832. The third kappa shape index (κ3) is 1.46. The molecule has 3 heteroatoms. The lowest BCUT2D eigenvalue weighted by Gasteiger charge is -2.06. The first-order valence-electron chi connectivity index (χ1n) is 4.26. The van der Waals surface area contributed by atoms with E-state index in [1.54, 1.807) is 0 Å². The number of hydrogen-bond acceptors (Lipinski definition) is 3. The van der Waals surface area contributed by atoms with Gasteiger partial charge in [-0.2, -0.15) is 0 Å². The van der Waals surface area contributed by atoms with Crippen molar-refractivity contribution in [2.24, 2.45) is 0 Å². The van der Waals surface area contributed by atoms with Crippen molar-refractivity contribution in [2.75, 3.05) is 6.61 Å². The summed E-state index contributed by atoms with van der Waals surface area (Å²) in [6, 6.07) is 0. The number of rotatable bonds is 1. The van der Waals surface area contributed by atoms with Crippen molar-refractivity contribution in [1.82, 2.24) is 9.97 Å². The van der Waals surface area contributed by atoms with Gasteiger partial charge in [0, 0.05) is 19.0 Å². The van der Waals surface area contributed by atoms with Crippen molar-refractivity contribution in [1.29, 1.82) is 0 Å². The van der Waals surface area contributed by atoms with Crippen molar-refractivity contribution >= 4 is 0 Å². The molecule has 1 aromatic heterocycles.